The highest BCUT2D eigenvalue weighted by Gasteiger charge is 2.36. The topological polar surface area (TPSA) is 20.3 Å². The minimum Gasteiger partial charge on any atom is -0.298 e. The number of carbonyl (C=O) groups is 1. The van der Waals surface area contributed by atoms with Crippen LogP contribution in [0.3, 0.4) is 0 Å². The fourth-order valence-corrected chi connectivity index (χ4v) is 2.94. The van der Waals surface area contributed by atoms with Crippen LogP contribution in [0.2, 0.25) is 0 Å². The van der Waals surface area contributed by atoms with Gasteiger partial charge in [-0.3, -0.25) is 9.69 Å². The maximum Gasteiger partial charge on any atom is 0.153 e. The van der Waals surface area contributed by atoms with Crippen LogP contribution in [0, 0.1) is 5.92 Å². The van der Waals surface area contributed by atoms with Crippen molar-refractivity contribution in [2.75, 3.05) is 13.1 Å². The zero-order chi connectivity index (χ0) is 14.9. The second-order valence-corrected chi connectivity index (χ2v) is 5.84. The third-order valence-corrected chi connectivity index (χ3v) is 4.77. The number of nitrogens with zero attached hydrogens (tertiary/aromatic N) is 1. The van der Waals surface area contributed by atoms with E-state index in [0.29, 0.717) is 11.7 Å². The zero-order valence-corrected chi connectivity index (χ0v) is 14.1. The van der Waals surface area contributed by atoms with E-state index in [1.54, 1.807) is 0 Å². The maximum atomic E-state index is 12.7. The van der Waals surface area contributed by atoms with Crippen LogP contribution < -0.4 is 0 Å². The summed E-state index contributed by atoms with van der Waals surface area (Å²) in [5, 5.41) is 0. The number of unbranched alkanes of at least 4 members (excludes halogenated alkanes) is 1. The molecule has 0 spiro atoms. The summed E-state index contributed by atoms with van der Waals surface area (Å²) in [7, 11) is 0. The Morgan fingerprint density at radius 3 is 2.05 bits per heavy atom. The molecule has 0 saturated carbocycles. The van der Waals surface area contributed by atoms with Crippen LogP contribution in [0.5, 0.6) is 0 Å². The van der Waals surface area contributed by atoms with Gasteiger partial charge in [0, 0.05) is 6.42 Å². The number of ketones is 1. The normalized spacial score (nSPS) is 16.4. The number of hydrogen-bond acceptors (Lipinski definition) is 2. The van der Waals surface area contributed by atoms with Gasteiger partial charge in [-0.15, -0.1) is 0 Å². The quantitative estimate of drug-likeness (QED) is 0.543. The van der Waals surface area contributed by atoms with Crippen LogP contribution in [0.25, 0.3) is 0 Å². The molecule has 2 nitrogen and oxygen atoms in total. The van der Waals surface area contributed by atoms with Crippen molar-refractivity contribution in [2.24, 2.45) is 5.92 Å². The molecule has 0 aliphatic carbocycles. The highest BCUT2D eigenvalue weighted by atomic mass is 16.1. The van der Waals surface area contributed by atoms with Crippen LogP contribution in [-0.4, -0.2) is 29.3 Å². The van der Waals surface area contributed by atoms with E-state index in [4.69, 9.17) is 0 Å². The molecule has 0 N–H and O–H groups in total. The van der Waals surface area contributed by atoms with Crippen LogP contribution in [0.1, 0.15) is 80.1 Å². The predicted octanol–water partition coefficient (Wildman–Crippen LogP) is 4.67. The van der Waals surface area contributed by atoms with Gasteiger partial charge in [0.1, 0.15) is 0 Å². The molecule has 0 bridgehead atoms. The van der Waals surface area contributed by atoms with Crippen LogP contribution >= 0.6 is 0 Å². The van der Waals surface area contributed by atoms with Gasteiger partial charge in [0.15, 0.2) is 5.78 Å². The third kappa shape index (κ3) is 5.25. The van der Waals surface area contributed by atoms with Crippen molar-refractivity contribution in [2.45, 2.75) is 85.6 Å². The molecule has 0 rings (SSSR count). The molecular weight excluding hydrogens is 234 g/mol. The standard InChI is InChI=1S/C17H35NO/c1-7-12-13-15(8-2)14-16(19)17(6,9-3)18(10-4)11-5/h15H,7-14H2,1-6H3. The molecule has 0 aliphatic heterocycles. The Morgan fingerprint density at radius 1 is 1.11 bits per heavy atom. The van der Waals surface area contributed by atoms with Crippen molar-refractivity contribution in [3.05, 3.63) is 0 Å². The molecule has 2 unspecified atom stereocenters. The minimum absolute atomic E-state index is 0.261. The molecule has 19 heavy (non-hydrogen) atoms. The summed E-state index contributed by atoms with van der Waals surface area (Å²) in [4.78, 5) is 15.1. The second-order valence-electron chi connectivity index (χ2n) is 5.84. The number of Topliss-reactive ketones (excluding diaryl/α,β-unsaturated/α-hetero) is 1. The molecule has 0 aliphatic rings. The van der Waals surface area contributed by atoms with Crippen LogP contribution in [0.4, 0.5) is 0 Å². The average Bonchev–Trinajstić information content (AvgIpc) is 2.43. The van der Waals surface area contributed by atoms with E-state index in [1.807, 2.05) is 0 Å². The number of carbonyl (C=O) groups excluding carboxylic acids is 1. The fraction of sp³-hybridized carbons (Fsp3) is 0.941. The Kier molecular flexibility index (Phi) is 9.34. The highest BCUT2D eigenvalue weighted by molar-refractivity contribution is 5.88. The lowest BCUT2D eigenvalue weighted by molar-refractivity contribution is -0.131. The van der Waals surface area contributed by atoms with E-state index in [9.17, 15) is 4.79 Å². The molecule has 0 fully saturated rings. The summed E-state index contributed by atoms with van der Waals surface area (Å²) in [5.74, 6) is 1.02. The molecule has 2 heteroatoms. The summed E-state index contributed by atoms with van der Waals surface area (Å²) in [5.41, 5.74) is -0.261. The van der Waals surface area contributed by atoms with Gasteiger partial charge in [-0.2, -0.15) is 0 Å². The molecule has 0 amide bonds. The van der Waals surface area contributed by atoms with Crippen molar-refractivity contribution in [1.82, 2.24) is 4.90 Å². The average molecular weight is 269 g/mol. The lowest BCUT2D eigenvalue weighted by Crippen LogP contribution is -2.52. The van der Waals surface area contributed by atoms with E-state index in [-0.39, 0.29) is 5.54 Å². The molecule has 114 valence electrons. The summed E-state index contributed by atoms with van der Waals surface area (Å²) in [6.07, 6.45) is 6.49. The maximum absolute atomic E-state index is 12.7. The number of hydrogen-bond donors (Lipinski definition) is 0. The smallest absolute Gasteiger partial charge is 0.153 e. The van der Waals surface area contributed by atoms with Gasteiger partial charge in [0.2, 0.25) is 0 Å². The fourth-order valence-electron chi connectivity index (χ4n) is 2.94. The second kappa shape index (κ2) is 9.52. The predicted molar refractivity (Wildman–Crippen MR) is 84.5 cm³/mol. The van der Waals surface area contributed by atoms with Gasteiger partial charge in [-0.25, -0.2) is 0 Å². The molecule has 0 aromatic rings. The summed E-state index contributed by atoms with van der Waals surface area (Å²) < 4.78 is 0. The van der Waals surface area contributed by atoms with E-state index >= 15 is 0 Å². The Morgan fingerprint density at radius 2 is 1.68 bits per heavy atom. The van der Waals surface area contributed by atoms with Crippen LogP contribution in [0.15, 0.2) is 0 Å². The lowest BCUT2D eigenvalue weighted by atomic mass is 9.83. The van der Waals surface area contributed by atoms with E-state index < -0.39 is 0 Å². The van der Waals surface area contributed by atoms with Crippen molar-refractivity contribution < 1.29 is 4.79 Å². The van der Waals surface area contributed by atoms with Crippen molar-refractivity contribution >= 4 is 5.78 Å². The van der Waals surface area contributed by atoms with Gasteiger partial charge in [0.05, 0.1) is 5.54 Å². The molecule has 0 heterocycles. The first-order valence-electron chi connectivity index (χ1n) is 8.28. The first kappa shape index (κ1) is 18.6. The van der Waals surface area contributed by atoms with E-state index in [2.05, 4.69) is 46.4 Å². The van der Waals surface area contributed by atoms with E-state index in [0.717, 1.165) is 32.4 Å². The first-order chi connectivity index (χ1) is 8.99. The molecule has 0 radical (unpaired) electrons. The van der Waals surface area contributed by atoms with Crippen molar-refractivity contribution in [3.8, 4) is 0 Å². The highest BCUT2D eigenvalue weighted by Crippen LogP contribution is 2.26. The molecule has 0 saturated heterocycles. The minimum atomic E-state index is -0.261. The molecule has 0 aromatic heterocycles. The zero-order valence-electron chi connectivity index (χ0n) is 14.1. The summed E-state index contributed by atoms with van der Waals surface area (Å²) >= 11 is 0. The Labute approximate surface area is 120 Å². The Balaban J connectivity index is 4.73. The monoisotopic (exact) mass is 269 g/mol. The summed E-state index contributed by atoms with van der Waals surface area (Å²) in [6, 6.07) is 0. The van der Waals surface area contributed by atoms with Gasteiger partial charge in [-0.1, -0.05) is 60.3 Å². The molecule has 0 aromatic carbocycles. The Bertz CT molecular complexity index is 248. The van der Waals surface area contributed by atoms with Crippen LogP contribution in [-0.2, 0) is 4.79 Å². The third-order valence-electron chi connectivity index (χ3n) is 4.77. The SMILES string of the molecule is CCCCC(CC)CC(=O)C(C)(CC)N(CC)CC. The number of likely N-dealkylation sites (N-methyl/N-ethyl adjacent to an activating group) is 1. The Hall–Kier alpha value is -0.370. The largest absolute Gasteiger partial charge is 0.298 e. The van der Waals surface area contributed by atoms with Crippen molar-refractivity contribution in [1.29, 1.82) is 0 Å². The lowest BCUT2D eigenvalue weighted by Gasteiger charge is -2.39. The van der Waals surface area contributed by atoms with Gasteiger partial charge < -0.3 is 0 Å². The molecule has 2 atom stereocenters. The summed E-state index contributed by atoms with van der Waals surface area (Å²) in [6.45, 7) is 14.9. The number of rotatable bonds is 11. The van der Waals surface area contributed by atoms with Gasteiger partial charge in [-0.05, 0) is 32.4 Å². The van der Waals surface area contributed by atoms with Crippen molar-refractivity contribution in [3.63, 3.8) is 0 Å². The van der Waals surface area contributed by atoms with Gasteiger partial charge >= 0.3 is 0 Å². The van der Waals surface area contributed by atoms with Gasteiger partial charge in [0.25, 0.3) is 0 Å². The first-order valence-corrected chi connectivity index (χ1v) is 8.28. The molecular formula is C17H35NO. The van der Waals surface area contributed by atoms with E-state index in [1.165, 1.54) is 19.3 Å².